The van der Waals surface area contributed by atoms with Gasteiger partial charge in [0.2, 0.25) is 11.8 Å². The summed E-state index contributed by atoms with van der Waals surface area (Å²) >= 11 is 0. The largest absolute Gasteiger partial charge is 0.353 e. The van der Waals surface area contributed by atoms with Gasteiger partial charge in [-0.3, -0.25) is 9.59 Å². The molecule has 1 heterocycles. The minimum Gasteiger partial charge on any atom is -0.353 e. The van der Waals surface area contributed by atoms with Crippen molar-refractivity contribution in [1.29, 1.82) is 0 Å². The molecule has 0 radical (unpaired) electrons. The molecule has 1 aliphatic heterocycles. The molecule has 2 atom stereocenters. The van der Waals surface area contributed by atoms with Gasteiger partial charge in [0.05, 0.1) is 6.04 Å². The number of hydrogen-bond acceptors (Lipinski definition) is 3. The molecular formula is C8H15N3O2. The fourth-order valence-electron chi connectivity index (χ4n) is 1.22. The van der Waals surface area contributed by atoms with Crippen molar-refractivity contribution in [1.82, 2.24) is 10.6 Å². The first kappa shape index (κ1) is 9.98. The summed E-state index contributed by atoms with van der Waals surface area (Å²) in [7, 11) is 0. The monoisotopic (exact) mass is 185 g/mol. The van der Waals surface area contributed by atoms with Crippen molar-refractivity contribution in [2.45, 2.75) is 31.8 Å². The SMILES string of the molecule is C[C@@H](N)C(=O)NCC1CCC(=O)N1. The van der Waals surface area contributed by atoms with E-state index in [1.54, 1.807) is 6.92 Å². The van der Waals surface area contributed by atoms with Gasteiger partial charge < -0.3 is 16.4 Å². The highest BCUT2D eigenvalue weighted by molar-refractivity contribution is 5.81. The highest BCUT2D eigenvalue weighted by atomic mass is 16.2. The van der Waals surface area contributed by atoms with Crippen LogP contribution in [0.25, 0.3) is 0 Å². The van der Waals surface area contributed by atoms with Crippen LogP contribution in [0.15, 0.2) is 0 Å². The summed E-state index contributed by atoms with van der Waals surface area (Å²) in [6.07, 6.45) is 1.34. The molecule has 1 unspecified atom stereocenters. The molecular weight excluding hydrogens is 170 g/mol. The van der Waals surface area contributed by atoms with E-state index in [-0.39, 0.29) is 17.9 Å². The van der Waals surface area contributed by atoms with Crippen LogP contribution in [-0.2, 0) is 9.59 Å². The number of nitrogens with two attached hydrogens (primary N) is 1. The van der Waals surface area contributed by atoms with E-state index in [1.807, 2.05) is 0 Å². The third-order valence-corrected chi connectivity index (χ3v) is 2.02. The molecule has 0 spiro atoms. The van der Waals surface area contributed by atoms with Gasteiger partial charge in [0, 0.05) is 19.0 Å². The Hall–Kier alpha value is -1.10. The Labute approximate surface area is 77.1 Å². The third-order valence-electron chi connectivity index (χ3n) is 2.02. The fraction of sp³-hybridized carbons (Fsp3) is 0.750. The molecule has 0 aliphatic carbocycles. The molecule has 1 rings (SSSR count). The second-order valence-corrected chi connectivity index (χ2v) is 3.34. The lowest BCUT2D eigenvalue weighted by Crippen LogP contribution is -2.44. The average Bonchev–Trinajstić information content (AvgIpc) is 2.47. The minimum atomic E-state index is -0.489. The van der Waals surface area contributed by atoms with Crippen molar-refractivity contribution < 1.29 is 9.59 Å². The Morgan fingerprint density at radius 1 is 1.85 bits per heavy atom. The van der Waals surface area contributed by atoms with Crippen molar-refractivity contribution in [3.05, 3.63) is 0 Å². The highest BCUT2D eigenvalue weighted by Crippen LogP contribution is 2.04. The Bertz CT molecular complexity index is 215. The van der Waals surface area contributed by atoms with Crippen LogP contribution in [0.3, 0.4) is 0 Å². The first-order valence-electron chi connectivity index (χ1n) is 4.42. The Balaban J connectivity index is 2.19. The normalized spacial score (nSPS) is 23.8. The van der Waals surface area contributed by atoms with E-state index in [0.29, 0.717) is 13.0 Å². The maximum absolute atomic E-state index is 11.0. The third kappa shape index (κ3) is 3.02. The van der Waals surface area contributed by atoms with Gasteiger partial charge in [0.1, 0.15) is 0 Å². The lowest BCUT2D eigenvalue weighted by atomic mass is 10.2. The fourth-order valence-corrected chi connectivity index (χ4v) is 1.22. The van der Waals surface area contributed by atoms with Crippen molar-refractivity contribution >= 4 is 11.8 Å². The maximum atomic E-state index is 11.0. The van der Waals surface area contributed by atoms with Gasteiger partial charge in [-0.25, -0.2) is 0 Å². The number of rotatable bonds is 3. The van der Waals surface area contributed by atoms with E-state index in [0.717, 1.165) is 6.42 Å². The van der Waals surface area contributed by atoms with Crippen molar-refractivity contribution in [3.8, 4) is 0 Å². The molecule has 4 N–H and O–H groups in total. The van der Waals surface area contributed by atoms with Gasteiger partial charge in [-0.2, -0.15) is 0 Å². The minimum absolute atomic E-state index is 0.0556. The molecule has 0 bridgehead atoms. The molecule has 0 aromatic carbocycles. The molecule has 1 saturated heterocycles. The average molecular weight is 185 g/mol. The lowest BCUT2D eigenvalue weighted by molar-refractivity contribution is -0.122. The molecule has 5 heteroatoms. The standard InChI is InChI=1S/C8H15N3O2/c1-5(9)8(13)10-4-6-2-3-7(12)11-6/h5-6H,2-4,9H2,1H3,(H,10,13)(H,11,12)/t5-,6?/m1/s1. The Kier molecular flexibility index (Phi) is 3.25. The predicted molar refractivity (Wildman–Crippen MR) is 47.8 cm³/mol. The second-order valence-electron chi connectivity index (χ2n) is 3.34. The molecule has 0 aromatic heterocycles. The van der Waals surface area contributed by atoms with Crippen LogP contribution in [0.1, 0.15) is 19.8 Å². The zero-order valence-corrected chi connectivity index (χ0v) is 7.67. The van der Waals surface area contributed by atoms with Gasteiger partial charge in [-0.1, -0.05) is 0 Å². The number of amides is 2. The van der Waals surface area contributed by atoms with Gasteiger partial charge >= 0.3 is 0 Å². The van der Waals surface area contributed by atoms with Gasteiger partial charge in [0.25, 0.3) is 0 Å². The van der Waals surface area contributed by atoms with E-state index < -0.39 is 6.04 Å². The molecule has 1 aliphatic rings. The van der Waals surface area contributed by atoms with Crippen LogP contribution in [0.4, 0.5) is 0 Å². The van der Waals surface area contributed by atoms with E-state index in [2.05, 4.69) is 10.6 Å². The van der Waals surface area contributed by atoms with Gasteiger partial charge in [-0.05, 0) is 13.3 Å². The summed E-state index contributed by atoms with van der Waals surface area (Å²) < 4.78 is 0. The van der Waals surface area contributed by atoms with Gasteiger partial charge in [0.15, 0.2) is 0 Å². The number of hydrogen-bond donors (Lipinski definition) is 3. The smallest absolute Gasteiger partial charge is 0.236 e. The molecule has 1 fully saturated rings. The Morgan fingerprint density at radius 3 is 3.00 bits per heavy atom. The predicted octanol–water partition coefficient (Wildman–Crippen LogP) is -1.27. The summed E-state index contributed by atoms with van der Waals surface area (Å²) in [5.41, 5.74) is 5.35. The molecule has 0 aromatic rings. The van der Waals surface area contributed by atoms with Crippen molar-refractivity contribution in [3.63, 3.8) is 0 Å². The molecule has 5 nitrogen and oxygen atoms in total. The van der Waals surface area contributed by atoms with Crippen molar-refractivity contribution in [2.24, 2.45) is 5.73 Å². The highest BCUT2D eigenvalue weighted by Gasteiger charge is 2.21. The van der Waals surface area contributed by atoms with E-state index >= 15 is 0 Å². The molecule has 2 amide bonds. The first-order valence-corrected chi connectivity index (χ1v) is 4.42. The maximum Gasteiger partial charge on any atom is 0.236 e. The van der Waals surface area contributed by atoms with Crippen LogP contribution in [0.2, 0.25) is 0 Å². The van der Waals surface area contributed by atoms with Gasteiger partial charge in [-0.15, -0.1) is 0 Å². The van der Waals surface area contributed by atoms with Crippen molar-refractivity contribution in [2.75, 3.05) is 6.54 Å². The zero-order valence-electron chi connectivity index (χ0n) is 7.67. The number of carbonyl (C=O) groups excluding carboxylic acids is 2. The van der Waals surface area contributed by atoms with Crippen LogP contribution >= 0.6 is 0 Å². The van der Waals surface area contributed by atoms with Crippen LogP contribution in [0, 0.1) is 0 Å². The quantitative estimate of drug-likeness (QED) is 0.512. The van der Waals surface area contributed by atoms with Crippen LogP contribution in [-0.4, -0.2) is 30.4 Å². The molecule has 74 valence electrons. The second kappa shape index (κ2) is 4.23. The molecule has 13 heavy (non-hydrogen) atoms. The molecule has 0 saturated carbocycles. The van der Waals surface area contributed by atoms with Crippen LogP contribution < -0.4 is 16.4 Å². The van der Waals surface area contributed by atoms with E-state index in [1.165, 1.54) is 0 Å². The summed E-state index contributed by atoms with van der Waals surface area (Å²) in [4.78, 5) is 21.8. The summed E-state index contributed by atoms with van der Waals surface area (Å²) in [5, 5.41) is 5.42. The summed E-state index contributed by atoms with van der Waals surface area (Å²) in [5.74, 6) is -0.124. The van der Waals surface area contributed by atoms with E-state index in [9.17, 15) is 9.59 Å². The first-order chi connectivity index (χ1) is 6.09. The summed E-state index contributed by atoms with van der Waals surface area (Å²) in [6.45, 7) is 2.11. The zero-order chi connectivity index (χ0) is 9.84. The van der Waals surface area contributed by atoms with E-state index in [4.69, 9.17) is 5.73 Å². The summed E-state index contributed by atoms with van der Waals surface area (Å²) in [6, 6.07) is -0.410. The lowest BCUT2D eigenvalue weighted by Gasteiger charge is -2.12. The Morgan fingerprint density at radius 2 is 2.54 bits per heavy atom. The topological polar surface area (TPSA) is 84.2 Å². The van der Waals surface area contributed by atoms with Crippen LogP contribution in [0.5, 0.6) is 0 Å². The number of carbonyl (C=O) groups is 2. The number of nitrogens with one attached hydrogen (secondary N) is 2.